The van der Waals surface area contributed by atoms with Crippen molar-refractivity contribution in [1.82, 2.24) is 19.9 Å². The molecule has 3 heterocycles. The molecule has 4 N–H and O–H groups in total. The molecule has 0 saturated heterocycles. The van der Waals surface area contributed by atoms with Gasteiger partial charge < -0.3 is 25.5 Å². The first-order valence-electron chi connectivity index (χ1n) is 10.3. The van der Waals surface area contributed by atoms with Gasteiger partial charge >= 0.3 is 0 Å². The number of pyridine rings is 1. The molecule has 0 amide bonds. The van der Waals surface area contributed by atoms with Gasteiger partial charge in [-0.1, -0.05) is 12.1 Å². The van der Waals surface area contributed by atoms with Gasteiger partial charge in [0, 0.05) is 45.1 Å². The minimum absolute atomic E-state index is 0.129. The quantitative estimate of drug-likeness (QED) is 0.498. The predicted molar refractivity (Wildman–Crippen MR) is 119 cm³/mol. The fraction of sp³-hybridized carbons (Fsp3) is 0.455. The maximum atomic E-state index is 6.05. The van der Waals surface area contributed by atoms with Gasteiger partial charge in [0.05, 0.1) is 19.3 Å². The average molecular weight is 411 g/mol. The molecule has 0 aliphatic carbocycles. The molecule has 0 spiro atoms. The fourth-order valence-corrected chi connectivity index (χ4v) is 4.09. The monoisotopic (exact) mass is 410 g/mol. The number of H-pyrrole nitrogens is 1. The van der Waals surface area contributed by atoms with E-state index in [1.54, 1.807) is 14.2 Å². The number of nitrogens with two attached hydrogens (primary N) is 1. The minimum Gasteiger partial charge on any atom is -0.384 e. The summed E-state index contributed by atoms with van der Waals surface area (Å²) in [6.07, 6.45) is 0.893. The number of nitrogen functional groups attached to an aromatic ring is 1. The van der Waals surface area contributed by atoms with Gasteiger partial charge in [0.25, 0.3) is 0 Å². The Hall–Kier alpha value is -2.68. The topological polar surface area (TPSA) is 101 Å². The van der Waals surface area contributed by atoms with Crippen molar-refractivity contribution in [2.75, 3.05) is 51.6 Å². The Labute approximate surface area is 176 Å². The second-order valence-corrected chi connectivity index (χ2v) is 7.81. The fourth-order valence-electron chi connectivity index (χ4n) is 4.09. The van der Waals surface area contributed by atoms with Crippen LogP contribution in [0.4, 0.5) is 11.5 Å². The Balaban J connectivity index is 1.53. The van der Waals surface area contributed by atoms with E-state index in [1.165, 1.54) is 16.8 Å². The molecule has 0 saturated carbocycles. The van der Waals surface area contributed by atoms with Gasteiger partial charge in [0.15, 0.2) is 5.65 Å². The van der Waals surface area contributed by atoms with Gasteiger partial charge in [-0.15, -0.1) is 0 Å². The average Bonchev–Trinajstić information content (AvgIpc) is 3.31. The number of ether oxygens (including phenoxy) is 2. The van der Waals surface area contributed by atoms with E-state index in [1.807, 2.05) is 13.0 Å². The summed E-state index contributed by atoms with van der Waals surface area (Å²) in [6.45, 7) is 5.98. The van der Waals surface area contributed by atoms with Crippen LogP contribution in [0.15, 0.2) is 24.3 Å². The zero-order valence-electron chi connectivity index (χ0n) is 17.9. The first-order chi connectivity index (χ1) is 14.6. The van der Waals surface area contributed by atoms with Crippen molar-refractivity contribution in [2.45, 2.75) is 25.9 Å². The number of hydrogen-bond acceptors (Lipinski definition) is 7. The van der Waals surface area contributed by atoms with Crippen LogP contribution in [-0.2, 0) is 22.4 Å². The van der Waals surface area contributed by atoms with E-state index in [9.17, 15) is 0 Å². The van der Waals surface area contributed by atoms with Crippen LogP contribution in [0, 0.1) is 6.92 Å². The van der Waals surface area contributed by atoms with E-state index in [-0.39, 0.29) is 6.04 Å². The zero-order chi connectivity index (χ0) is 21.1. The van der Waals surface area contributed by atoms with E-state index < -0.39 is 0 Å². The summed E-state index contributed by atoms with van der Waals surface area (Å²) in [4.78, 5) is 14.6. The van der Waals surface area contributed by atoms with Crippen molar-refractivity contribution >= 4 is 22.7 Å². The number of methoxy groups -OCH3 is 2. The van der Waals surface area contributed by atoms with E-state index in [0.717, 1.165) is 48.6 Å². The molecule has 3 aromatic rings. The third kappa shape index (κ3) is 4.40. The molecule has 160 valence electrons. The Bertz CT molecular complexity index is 1010. The van der Waals surface area contributed by atoms with Gasteiger partial charge in [-0.2, -0.15) is 0 Å². The number of nitrogens with one attached hydrogen (secondary N) is 2. The molecule has 1 aromatic carbocycles. The molecule has 1 aliphatic heterocycles. The van der Waals surface area contributed by atoms with E-state index >= 15 is 0 Å². The number of anilines is 2. The van der Waals surface area contributed by atoms with Gasteiger partial charge in [-0.05, 0) is 36.6 Å². The predicted octanol–water partition coefficient (Wildman–Crippen LogP) is 2.65. The van der Waals surface area contributed by atoms with Crippen LogP contribution in [0.25, 0.3) is 11.2 Å². The normalized spacial score (nSPS) is 15.7. The molecule has 1 atom stereocenters. The summed E-state index contributed by atoms with van der Waals surface area (Å²) < 4.78 is 10.5. The van der Waals surface area contributed by atoms with Crippen molar-refractivity contribution in [3.63, 3.8) is 0 Å². The third-order valence-corrected chi connectivity index (χ3v) is 5.55. The van der Waals surface area contributed by atoms with Gasteiger partial charge in [0.2, 0.25) is 0 Å². The Kier molecular flexibility index (Phi) is 6.17. The Morgan fingerprint density at radius 3 is 2.63 bits per heavy atom. The van der Waals surface area contributed by atoms with Crippen LogP contribution >= 0.6 is 0 Å². The number of nitrogens with zero attached hydrogens (tertiary/aromatic N) is 3. The lowest BCUT2D eigenvalue weighted by molar-refractivity contribution is 0.110. The van der Waals surface area contributed by atoms with Gasteiger partial charge in [0.1, 0.15) is 17.2 Å². The number of aromatic nitrogens is 3. The molecule has 2 aromatic heterocycles. The first-order valence-corrected chi connectivity index (χ1v) is 10.3. The molecule has 1 aliphatic rings. The highest BCUT2D eigenvalue weighted by Crippen LogP contribution is 2.37. The van der Waals surface area contributed by atoms with Crippen LogP contribution < -0.4 is 11.1 Å². The van der Waals surface area contributed by atoms with Crippen LogP contribution in [0.5, 0.6) is 0 Å². The number of aryl methyl sites for hydroxylation is 1. The summed E-state index contributed by atoms with van der Waals surface area (Å²) in [5, 5.41) is 3.64. The van der Waals surface area contributed by atoms with Crippen LogP contribution in [0.2, 0.25) is 0 Å². The Morgan fingerprint density at radius 2 is 1.90 bits per heavy atom. The molecule has 8 nitrogen and oxygen atoms in total. The maximum absolute atomic E-state index is 6.05. The number of fused-ring (bicyclic) bond motifs is 2. The second-order valence-electron chi connectivity index (χ2n) is 7.81. The molecular formula is C22H30N6O2. The van der Waals surface area contributed by atoms with Crippen LogP contribution in [0.3, 0.4) is 0 Å². The van der Waals surface area contributed by atoms with E-state index in [0.29, 0.717) is 19.0 Å². The summed E-state index contributed by atoms with van der Waals surface area (Å²) in [6, 6.07) is 8.73. The first kappa shape index (κ1) is 20.6. The minimum atomic E-state index is 0.129. The van der Waals surface area contributed by atoms with Crippen LogP contribution in [0.1, 0.15) is 28.6 Å². The number of aromatic amines is 1. The van der Waals surface area contributed by atoms with Crippen LogP contribution in [-0.4, -0.2) is 60.4 Å². The summed E-state index contributed by atoms with van der Waals surface area (Å²) in [5.74, 6) is 1.35. The Morgan fingerprint density at radius 1 is 1.13 bits per heavy atom. The summed E-state index contributed by atoms with van der Waals surface area (Å²) in [5.41, 5.74) is 12.5. The van der Waals surface area contributed by atoms with Crippen molar-refractivity contribution < 1.29 is 9.47 Å². The molecule has 30 heavy (non-hydrogen) atoms. The van der Waals surface area contributed by atoms with Gasteiger partial charge in [-0.25, -0.2) is 9.97 Å². The summed E-state index contributed by atoms with van der Waals surface area (Å²) in [7, 11) is 3.47. The molecule has 1 unspecified atom stereocenters. The molecule has 0 bridgehead atoms. The molecule has 8 heteroatoms. The maximum Gasteiger partial charge on any atom is 0.160 e. The zero-order valence-corrected chi connectivity index (χ0v) is 17.9. The highest BCUT2D eigenvalue weighted by molar-refractivity contribution is 5.79. The van der Waals surface area contributed by atoms with Gasteiger partial charge in [-0.3, -0.25) is 4.90 Å². The highest BCUT2D eigenvalue weighted by atomic mass is 16.5. The van der Waals surface area contributed by atoms with Crippen molar-refractivity contribution in [3.8, 4) is 0 Å². The SMILES string of the molecule is COCCN(CCOC)Cc1ccc2c(c1)CC(c1cc(N)nc3[nH]c(C)nc13)N2. The number of benzene rings is 1. The number of hydrogen-bond donors (Lipinski definition) is 3. The van der Waals surface area contributed by atoms with Crippen molar-refractivity contribution in [2.24, 2.45) is 0 Å². The lowest BCUT2D eigenvalue weighted by Gasteiger charge is -2.22. The van der Waals surface area contributed by atoms with E-state index in [2.05, 4.69) is 43.4 Å². The van der Waals surface area contributed by atoms with E-state index in [4.69, 9.17) is 15.2 Å². The largest absolute Gasteiger partial charge is 0.384 e. The van der Waals surface area contributed by atoms with Crippen molar-refractivity contribution in [3.05, 3.63) is 46.8 Å². The highest BCUT2D eigenvalue weighted by Gasteiger charge is 2.26. The summed E-state index contributed by atoms with van der Waals surface area (Å²) >= 11 is 0. The lowest BCUT2D eigenvalue weighted by atomic mass is 10.0. The molecule has 0 radical (unpaired) electrons. The second kappa shape index (κ2) is 8.99. The van der Waals surface area contributed by atoms with Crippen molar-refractivity contribution in [1.29, 1.82) is 0 Å². The number of rotatable bonds is 9. The standard InChI is InChI=1S/C22H30N6O2/c1-14-24-21-17(12-20(23)27-22(21)25-14)19-11-16-10-15(4-5-18(16)26-19)13-28(6-8-29-2)7-9-30-3/h4-5,10,12,19,26H,6-9,11,13H2,1-3H3,(H3,23,24,25,27). The molecule has 0 fully saturated rings. The smallest absolute Gasteiger partial charge is 0.160 e. The molecular weight excluding hydrogens is 380 g/mol. The third-order valence-electron chi connectivity index (χ3n) is 5.55. The molecule has 4 rings (SSSR count). The lowest BCUT2D eigenvalue weighted by Crippen LogP contribution is -2.30. The number of imidazole rings is 1.